The van der Waals surface area contributed by atoms with Crippen molar-refractivity contribution in [1.82, 2.24) is 19.4 Å². The van der Waals surface area contributed by atoms with Crippen LogP contribution in [0.4, 0.5) is 4.79 Å². The molecule has 1 saturated heterocycles. The molecule has 1 fully saturated rings. The zero-order valence-corrected chi connectivity index (χ0v) is 12.4. The van der Waals surface area contributed by atoms with Crippen LogP contribution in [0.1, 0.15) is 0 Å². The maximum Gasteiger partial charge on any atom is 0.389 e. The summed E-state index contributed by atoms with van der Waals surface area (Å²) in [5, 5.41) is 11.0. The fourth-order valence-corrected chi connectivity index (χ4v) is 2.89. The Labute approximate surface area is 125 Å². The monoisotopic (exact) mass is 310 g/mol. The van der Waals surface area contributed by atoms with Crippen molar-refractivity contribution < 1.29 is 19.5 Å². The van der Waals surface area contributed by atoms with Crippen LogP contribution in [0, 0.1) is 0 Å². The van der Waals surface area contributed by atoms with Gasteiger partial charge in [-0.15, -0.1) is 0 Å². The number of carbonyl (C=O) groups excluding carboxylic acids is 3. The average Bonchev–Trinajstić information content (AvgIpc) is 2.80. The van der Waals surface area contributed by atoms with Crippen LogP contribution in [0.25, 0.3) is 0 Å². The summed E-state index contributed by atoms with van der Waals surface area (Å²) in [6.07, 6.45) is 1.59. The third kappa shape index (κ3) is 2.53. The Balaban J connectivity index is 2.38. The van der Waals surface area contributed by atoms with Gasteiger partial charge < -0.3 is 9.90 Å². The zero-order chi connectivity index (χ0) is 15.7. The minimum absolute atomic E-state index is 0.284. The second-order valence-electron chi connectivity index (χ2n) is 4.50. The van der Waals surface area contributed by atoms with Crippen molar-refractivity contribution in [3.63, 3.8) is 0 Å². The minimum Gasteiger partial charge on any atom is -0.549 e. The van der Waals surface area contributed by atoms with Crippen LogP contribution < -0.4 is 9.77 Å². The molecule has 0 aromatic heterocycles. The fraction of sp³-hybridized carbons (Fsp3) is 0.417. The molecule has 1 unspecified atom stereocenters. The highest BCUT2D eigenvalue weighted by atomic mass is 32.2. The fourth-order valence-electron chi connectivity index (χ4n) is 2.14. The highest BCUT2D eigenvalue weighted by Gasteiger charge is 2.55. The van der Waals surface area contributed by atoms with Crippen LogP contribution in [0.15, 0.2) is 12.7 Å². The maximum absolute atomic E-state index is 12.3. The van der Waals surface area contributed by atoms with Crippen molar-refractivity contribution >= 4 is 40.7 Å². The lowest BCUT2D eigenvalue weighted by Gasteiger charge is -2.30. The van der Waals surface area contributed by atoms with Crippen LogP contribution in [0.3, 0.4) is 0 Å². The molecule has 9 heteroatoms. The van der Waals surface area contributed by atoms with E-state index in [-0.39, 0.29) is 5.75 Å². The number of carboxylic acid groups (broad SMARTS) is 1. The molecule has 0 aromatic rings. The van der Waals surface area contributed by atoms with Gasteiger partial charge in [0.2, 0.25) is 0 Å². The molecule has 0 spiro atoms. The van der Waals surface area contributed by atoms with E-state index in [4.69, 9.17) is 0 Å². The van der Waals surface area contributed by atoms with Crippen LogP contribution in [0.5, 0.6) is 0 Å². The summed E-state index contributed by atoms with van der Waals surface area (Å²) >= 11 is 0.949. The number of amidine groups is 2. The molecule has 0 bridgehead atoms. The van der Waals surface area contributed by atoms with Gasteiger partial charge >= 0.3 is 17.0 Å². The van der Waals surface area contributed by atoms with E-state index in [1.807, 2.05) is 0 Å². The van der Waals surface area contributed by atoms with E-state index in [0.29, 0.717) is 17.5 Å². The zero-order valence-electron chi connectivity index (χ0n) is 11.6. The Morgan fingerprint density at radius 1 is 1.43 bits per heavy atom. The maximum atomic E-state index is 12.3. The first kappa shape index (κ1) is 15.1. The molecular formula is C12H14N4O4S. The molecule has 0 radical (unpaired) electrons. The lowest BCUT2D eigenvalue weighted by molar-refractivity contribution is -0.301. The number of hydrogen-bond acceptors (Lipinski definition) is 6. The lowest BCUT2D eigenvalue weighted by atomic mass is 10.1. The van der Waals surface area contributed by atoms with Gasteiger partial charge in [0.1, 0.15) is 0 Å². The molecule has 2 aliphatic heterocycles. The van der Waals surface area contributed by atoms with Crippen molar-refractivity contribution in [2.45, 2.75) is 6.04 Å². The van der Waals surface area contributed by atoms with E-state index in [1.54, 1.807) is 11.0 Å². The third-order valence-corrected chi connectivity index (χ3v) is 4.10. The summed E-state index contributed by atoms with van der Waals surface area (Å²) in [6.45, 7) is 3.93. The number of thioether (sulfide) groups is 1. The Hall–Kier alpha value is -2.25. The van der Waals surface area contributed by atoms with Crippen LogP contribution in [0.2, 0.25) is 0 Å². The molecule has 0 N–H and O–H groups in total. The average molecular weight is 310 g/mol. The number of carboxylic acids is 1. The summed E-state index contributed by atoms with van der Waals surface area (Å²) in [5.41, 5.74) is 0. The first-order chi connectivity index (χ1) is 9.88. The molecule has 2 rings (SSSR count). The number of urea groups is 1. The molecule has 0 saturated carbocycles. The Kier molecular flexibility index (Phi) is 4.06. The van der Waals surface area contributed by atoms with Gasteiger partial charge in [-0.1, -0.05) is 12.7 Å². The second-order valence-corrected chi connectivity index (χ2v) is 5.44. The normalized spacial score (nSPS) is 21.2. The van der Waals surface area contributed by atoms with Crippen LogP contribution in [-0.2, 0) is 9.59 Å². The Bertz CT molecular complexity index is 596. The van der Waals surface area contributed by atoms with Crippen molar-refractivity contribution in [2.24, 2.45) is 0 Å². The summed E-state index contributed by atoms with van der Waals surface area (Å²) in [7, 11) is 2.92. The number of nitrogens with zero attached hydrogens (tertiary/aromatic N) is 4. The molecule has 8 nitrogen and oxygen atoms in total. The summed E-state index contributed by atoms with van der Waals surface area (Å²) < 4.78 is 4.24. The van der Waals surface area contributed by atoms with E-state index in [2.05, 4.69) is 11.2 Å². The quantitative estimate of drug-likeness (QED) is 0.427. The van der Waals surface area contributed by atoms with Gasteiger partial charge in [0, 0.05) is 12.8 Å². The summed E-state index contributed by atoms with van der Waals surface area (Å²) in [6, 6.07) is -1.21. The molecule has 2 aliphatic rings. The van der Waals surface area contributed by atoms with Gasteiger partial charge in [-0.3, -0.25) is 9.69 Å². The van der Waals surface area contributed by atoms with Gasteiger partial charge in [0.05, 0.1) is 19.6 Å². The minimum atomic E-state index is -1.23. The molecule has 21 heavy (non-hydrogen) atoms. The van der Waals surface area contributed by atoms with Gasteiger partial charge in [0.15, 0.2) is 0 Å². The standard InChI is InChI=1S/C12H14N4O4S/c1-4-5-16-8-9(13-11(16)21-6-7(17)18)14(2)12(20)15(3)10(8)19/h4,8H,1,5-6H2,2-3H3. The second kappa shape index (κ2) is 5.63. The Morgan fingerprint density at radius 3 is 2.67 bits per heavy atom. The topological polar surface area (TPSA) is 98.1 Å². The lowest BCUT2D eigenvalue weighted by Crippen LogP contribution is -2.63. The van der Waals surface area contributed by atoms with Crippen molar-refractivity contribution in [2.75, 3.05) is 26.4 Å². The molecule has 0 aromatic carbocycles. The van der Waals surface area contributed by atoms with Crippen LogP contribution >= 0.6 is 11.8 Å². The van der Waals surface area contributed by atoms with E-state index >= 15 is 0 Å². The van der Waals surface area contributed by atoms with Crippen molar-refractivity contribution in [1.29, 1.82) is 0 Å². The molecular weight excluding hydrogens is 296 g/mol. The highest BCUT2D eigenvalue weighted by Crippen LogP contribution is 2.21. The number of rotatable bonds is 4. The number of amides is 3. The molecule has 3 amide bonds. The number of carbonyl (C=O) groups is 3. The van der Waals surface area contributed by atoms with E-state index < -0.39 is 23.9 Å². The SMILES string of the molecule is C=CCN1C(SCC(=O)[O-])=[N+]=C2C1C(=O)N(C)C(=O)N2C. The van der Waals surface area contributed by atoms with Gasteiger partial charge in [0.25, 0.3) is 11.9 Å². The highest BCUT2D eigenvalue weighted by molar-refractivity contribution is 8.14. The Morgan fingerprint density at radius 2 is 2.10 bits per heavy atom. The first-order valence-electron chi connectivity index (χ1n) is 6.09. The first-order valence-corrected chi connectivity index (χ1v) is 7.08. The van der Waals surface area contributed by atoms with E-state index in [9.17, 15) is 19.5 Å². The van der Waals surface area contributed by atoms with E-state index in [0.717, 1.165) is 16.7 Å². The number of likely N-dealkylation sites (N-methyl/N-ethyl adjacent to an activating group) is 2. The number of hydrogen-bond donors (Lipinski definition) is 0. The summed E-state index contributed by atoms with van der Waals surface area (Å²) in [5.74, 6) is -1.61. The number of aliphatic carboxylic acids is 1. The summed E-state index contributed by atoms with van der Waals surface area (Å²) in [4.78, 5) is 38.7. The van der Waals surface area contributed by atoms with E-state index in [1.165, 1.54) is 19.0 Å². The predicted molar refractivity (Wildman–Crippen MR) is 76.2 cm³/mol. The van der Waals surface area contributed by atoms with Gasteiger partial charge in [-0.25, -0.2) is 14.4 Å². The largest absolute Gasteiger partial charge is 0.549 e. The third-order valence-electron chi connectivity index (χ3n) is 3.14. The van der Waals surface area contributed by atoms with Gasteiger partial charge in [-0.05, 0) is 11.8 Å². The van der Waals surface area contributed by atoms with Crippen LogP contribution in [-0.4, -0.2) is 76.0 Å². The van der Waals surface area contributed by atoms with Crippen molar-refractivity contribution in [3.8, 4) is 0 Å². The van der Waals surface area contributed by atoms with Crippen molar-refractivity contribution in [3.05, 3.63) is 12.7 Å². The molecule has 2 heterocycles. The molecule has 112 valence electrons. The smallest absolute Gasteiger partial charge is 0.389 e. The number of imide groups is 1. The molecule has 1 atom stereocenters. The molecule has 0 aliphatic carbocycles. The number of fused-ring (bicyclic) bond motifs is 1. The predicted octanol–water partition coefficient (Wildman–Crippen LogP) is -2.31. The van der Waals surface area contributed by atoms with Gasteiger partial charge in [-0.2, -0.15) is 4.90 Å².